The lowest BCUT2D eigenvalue weighted by Gasteiger charge is -1.96. The van der Waals surface area contributed by atoms with Crippen LogP contribution in [0.3, 0.4) is 0 Å². The Kier molecular flexibility index (Phi) is 2.68. The zero-order valence-corrected chi connectivity index (χ0v) is 8.93. The Hall–Kier alpha value is -1.09. The summed E-state index contributed by atoms with van der Waals surface area (Å²) in [5, 5.41) is 1.14. The molecule has 1 heterocycles. The topological polar surface area (TPSA) is 39.2 Å². The lowest BCUT2D eigenvalue weighted by molar-refractivity contribution is 0.612. The molecule has 2 nitrogen and oxygen atoms in total. The van der Waals surface area contributed by atoms with Crippen LogP contribution in [0.4, 0.5) is 5.69 Å². The van der Waals surface area contributed by atoms with Gasteiger partial charge in [-0.2, -0.15) is 11.8 Å². The highest BCUT2D eigenvalue weighted by Crippen LogP contribution is 2.26. The number of thioether (sulfide) groups is 1. The second kappa shape index (κ2) is 3.96. The minimum absolute atomic E-state index is 0.793. The first-order valence-electron chi connectivity index (χ1n) is 4.64. The van der Waals surface area contributed by atoms with Gasteiger partial charge < -0.3 is 10.2 Å². The molecule has 0 saturated heterocycles. The molecule has 2 rings (SSSR count). The van der Waals surface area contributed by atoms with Crippen LogP contribution < -0.4 is 5.73 Å². The minimum Gasteiger partial charge on any atom is -0.464 e. The van der Waals surface area contributed by atoms with Crippen LogP contribution in [0.2, 0.25) is 0 Å². The summed E-state index contributed by atoms with van der Waals surface area (Å²) >= 11 is 1.89. The van der Waals surface area contributed by atoms with E-state index in [9.17, 15) is 0 Å². The van der Waals surface area contributed by atoms with Crippen LogP contribution in [0.1, 0.15) is 12.5 Å². The molecule has 0 saturated carbocycles. The van der Waals surface area contributed by atoms with Crippen LogP contribution in [-0.2, 0) is 5.75 Å². The monoisotopic (exact) mass is 207 g/mol. The lowest BCUT2D eigenvalue weighted by atomic mass is 10.2. The number of nitrogen functional groups attached to an aromatic ring is 1. The fourth-order valence-electron chi connectivity index (χ4n) is 1.42. The molecule has 1 aromatic heterocycles. The van der Waals surface area contributed by atoms with E-state index in [2.05, 4.69) is 6.92 Å². The van der Waals surface area contributed by atoms with Gasteiger partial charge in [0.15, 0.2) is 0 Å². The third-order valence-corrected chi connectivity index (χ3v) is 3.06. The number of hydrogen-bond donors (Lipinski definition) is 1. The van der Waals surface area contributed by atoms with Crippen molar-refractivity contribution >= 4 is 28.4 Å². The van der Waals surface area contributed by atoms with Gasteiger partial charge in [-0.15, -0.1) is 0 Å². The SMILES string of the molecule is CCSCc1coc2ccc(N)cc12. The molecule has 14 heavy (non-hydrogen) atoms. The summed E-state index contributed by atoms with van der Waals surface area (Å²) in [6, 6.07) is 5.76. The normalized spacial score (nSPS) is 10.9. The number of furan rings is 1. The molecule has 0 unspecified atom stereocenters. The van der Waals surface area contributed by atoms with Gasteiger partial charge in [0.05, 0.1) is 6.26 Å². The molecule has 2 aromatic rings. The molecule has 2 N–H and O–H groups in total. The molecule has 0 radical (unpaired) electrons. The number of hydrogen-bond acceptors (Lipinski definition) is 3. The van der Waals surface area contributed by atoms with Crippen molar-refractivity contribution in [1.82, 2.24) is 0 Å². The van der Waals surface area contributed by atoms with Gasteiger partial charge >= 0.3 is 0 Å². The van der Waals surface area contributed by atoms with Crippen LogP contribution >= 0.6 is 11.8 Å². The first-order chi connectivity index (χ1) is 6.81. The Labute approximate surface area is 87.5 Å². The summed E-state index contributed by atoms with van der Waals surface area (Å²) < 4.78 is 5.43. The third-order valence-electron chi connectivity index (χ3n) is 2.14. The van der Waals surface area contributed by atoms with E-state index in [0.29, 0.717) is 0 Å². The maximum atomic E-state index is 5.73. The predicted molar refractivity (Wildman–Crippen MR) is 62.5 cm³/mol. The first kappa shape index (κ1) is 9.46. The molecule has 74 valence electrons. The quantitative estimate of drug-likeness (QED) is 0.785. The molecule has 0 atom stereocenters. The Morgan fingerprint density at radius 3 is 3.07 bits per heavy atom. The number of benzene rings is 1. The average molecular weight is 207 g/mol. The largest absolute Gasteiger partial charge is 0.464 e. The second-order valence-electron chi connectivity index (χ2n) is 3.15. The summed E-state index contributed by atoms with van der Waals surface area (Å²) in [6.07, 6.45) is 1.83. The summed E-state index contributed by atoms with van der Waals surface area (Å²) in [5.74, 6) is 2.11. The Balaban J connectivity index is 2.40. The van der Waals surface area contributed by atoms with E-state index in [4.69, 9.17) is 10.2 Å². The summed E-state index contributed by atoms with van der Waals surface area (Å²) in [5.41, 5.74) is 8.68. The first-order valence-corrected chi connectivity index (χ1v) is 5.80. The van der Waals surface area contributed by atoms with Gasteiger partial charge in [-0.3, -0.25) is 0 Å². The molecule has 0 bridgehead atoms. The smallest absolute Gasteiger partial charge is 0.134 e. The fraction of sp³-hybridized carbons (Fsp3) is 0.273. The van der Waals surface area contributed by atoms with Gasteiger partial charge in [-0.1, -0.05) is 6.92 Å². The van der Waals surface area contributed by atoms with E-state index >= 15 is 0 Å². The molecule has 0 aliphatic heterocycles. The van der Waals surface area contributed by atoms with Gasteiger partial charge in [-0.25, -0.2) is 0 Å². The second-order valence-corrected chi connectivity index (χ2v) is 4.43. The molecule has 0 aliphatic rings. The van der Waals surface area contributed by atoms with E-state index in [-0.39, 0.29) is 0 Å². The highest BCUT2D eigenvalue weighted by atomic mass is 32.2. The van der Waals surface area contributed by atoms with Gasteiger partial charge in [0.1, 0.15) is 5.58 Å². The lowest BCUT2D eigenvalue weighted by Crippen LogP contribution is -1.84. The minimum atomic E-state index is 0.793. The molecule has 0 fully saturated rings. The number of rotatable bonds is 3. The van der Waals surface area contributed by atoms with E-state index in [1.807, 2.05) is 36.2 Å². The highest BCUT2D eigenvalue weighted by Gasteiger charge is 2.05. The fourth-order valence-corrected chi connectivity index (χ4v) is 2.07. The van der Waals surface area contributed by atoms with Crippen LogP contribution in [0.15, 0.2) is 28.9 Å². The van der Waals surface area contributed by atoms with Crippen molar-refractivity contribution in [3.05, 3.63) is 30.0 Å². The van der Waals surface area contributed by atoms with E-state index in [1.165, 1.54) is 5.56 Å². The van der Waals surface area contributed by atoms with Crippen molar-refractivity contribution in [2.75, 3.05) is 11.5 Å². The van der Waals surface area contributed by atoms with Crippen molar-refractivity contribution in [1.29, 1.82) is 0 Å². The maximum absolute atomic E-state index is 5.73. The Morgan fingerprint density at radius 2 is 2.29 bits per heavy atom. The zero-order chi connectivity index (χ0) is 9.97. The molecule has 0 spiro atoms. The molecular weight excluding hydrogens is 194 g/mol. The maximum Gasteiger partial charge on any atom is 0.134 e. The summed E-state index contributed by atoms with van der Waals surface area (Å²) in [4.78, 5) is 0. The van der Waals surface area contributed by atoms with Crippen LogP contribution in [0.5, 0.6) is 0 Å². The van der Waals surface area contributed by atoms with Crippen molar-refractivity contribution in [3.8, 4) is 0 Å². The highest BCUT2D eigenvalue weighted by molar-refractivity contribution is 7.98. The summed E-state index contributed by atoms with van der Waals surface area (Å²) in [7, 11) is 0. The number of anilines is 1. The molecule has 0 aliphatic carbocycles. The Morgan fingerprint density at radius 1 is 1.43 bits per heavy atom. The number of nitrogens with two attached hydrogens (primary N) is 1. The van der Waals surface area contributed by atoms with Gasteiger partial charge in [0.2, 0.25) is 0 Å². The van der Waals surface area contributed by atoms with Crippen molar-refractivity contribution in [2.45, 2.75) is 12.7 Å². The zero-order valence-electron chi connectivity index (χ0n) is 8.12. The standard InChI is InChI=1S/C11H13NOS/c1-2-14-7-8-6-13-11-4-3-9(12)5-10(8)11/h3-6H,2,7,12H2,1H3. The van der Waals surface area contributed by atoms with E-state index in [0.717, 1.165) is 28.2 Å². The number of fused-ring (bicyclic) bond motifs is 1. The van der Waals surface area contributed by atoms with Crippen molar-refractivity contribution < 1.29 is 4.42 Å². The van der Waals surface area contributed by atoms with Crippen LogP contribution in [0, 0.1) is 0 Å². The van der Waals surface area contributed by atoms with Gasteiger partial charge in [0.25, 0.3) is 0 Å². The van der Waals surface area contributed by atoms with Crippen LogP contribution in [0.25, 0.3) is 11.0 Å². The molecule has 1 aromatic carbocycles. The molecule has 3 heteroatoms. The molecular formula is C11H13NOS. The van der Waals surface area contributed by atoms with Crippen molar-refractivity contribution in [3.63, 3.8) is 0 Å². The Bertz CT molecular complexity index is 436. The van der Waals surface area contributed by atoms with E-state index < -0.39 is 0 Å². The summed E-state index contributed by atoms with van der Waals surface area (Å²) in [6.45, 7) is 2.15. The molecule has 0 amide bonds. The van der Waals surface area contributed by atoms with E-state index in [1.54, 1.807) is 0 Å². The van der Waals surface area contributed by atoms with Crippen LogP contribution in [-0.4, -0.2) is 5.75 Å². The third kappa shape index (κ3) is 1.73. The van der Waals surface area contributed by atoms with Crippen molar-refractivity contribution in [2.24, 2.45) is 0 Å². The predicted octanol–water partition coefficient (Wildman–Crippen LogP) is 3.27. The average Bonchev–Trinajstić information content (AvgIpc) is 2.57. The van der Waals surface area contributed by atoms with Gasteiger partial charge in [-0.05, 0) is 24.0 Å². The van der Waals surface area contributed by atoms with Gasteiger partial charge in [0, 0.05) is 22.4 Å².